The van der Waals surface area contributed by atoms with Crippen molar-refractivity contribution in [2.75, 3.05) is 33.3 Å². The van der Waals surface area contributed by atoms with E-state index in [1.807, 2.05) is 12.1 Å². The van der Waals surface area contributed by atoms with Gasteiger partial charge in [0.05, 0.1) is 13.2 Å². The summed E-state index contributed by atoms with van der Waals surface area (Å²) in [6.07, 6.45) is 0. The van der Waals surface area contributed by atoms with E-state index in [9.17, 15) is 4.79 Å². The third-order valence-corrected chi connectivity index (χ3v) is 6.43. The minimum absolute atomic E-state index is 0.239. The fourth-order valence-corrected chi connectivity index (χ4v) is 4.77. The van der Waals surface area contributed by atoms with Crippen LogP contribution in [0, 0.1) is 0 Å². The number of methoxy groups -OCH3 is 1. The fourth-order valence-electron chi connectivity index (χ4n) is 4.77. The van der Waals surface area contributed by atoms with Gasteiger partial charge in [-0.3, -0.25) is 9.80 Å². The van der Waals surface area contributed by atoms with Crippen LogP contribution in [0.4, 0.5) is 0 Å². The molecule has 3 aromatic carbocycles. The molecule has 0 amide bonds. The average Bonchev–Trinajstić information content (AvgIpc) is 2.86. The fraction of sp³-hybridized carbons (Fsp3) is 0.250. The van der Waals surface area contributed by atoms with Crippen molar-refractivity contribution in [3.05, 3.63) is 112 Å². The van der Waals surface area contributed by atoms with Crippen molar-refractivity contribution in [2.24, 2.45) is 0 Å². The van der Waals surface area contributed by atoms with E-state index in [4.69, 9.17) is 9.15 Å². The maximum atomic E-state index is 12.1. The number of benzene rings is 3. The number of hydrogen-bond donors (Lipinski definition) is 0. The molecule has 5 rings (SSSR count). The van der Waals surface area contributed by atoms with Gasteiger partial charge >= 0.3 is 5.63 Å². The molecule has 0 atom stereocenters. The predicted molar refractivity (Wildman–Crippen MR) is 131 cm³/mol. The molecule has 1 aromatic heterocycles. The molecule has 0 aliphatic carbocycles. The topological polar surface area (TPSA) is 45.9 Å². The van der Waals surface area contributed by atoms with E-state index in [1.165, 1.54) is 11.1 Å². The molecule has 0 unspecified atom stereocenters. The van der Waals surface area contributed by atoms with Crippen LogP contribution in [0.25, 0.3) is 11.0 Å². The van der Waals surface area contributed by atoms with Gasteiger partial charge in [0.15, 0.2) is 0 Å². The number of piperazine rings is 1. The predicted octanol–water partition coefficient (Wildman–Crippen LogP) is 4.71. The quantitative estimate of drug-likeness (QED) is 0.407. The zero-order valence-corrected chi connectivity index (χ0v) is 18.8. The molecular weight excluding hydrogens is 412 g/mol. The second-order valence-corrected chi connectivity index (χ2v) is 8.49. The Morgan fingerprint density at radius 2 is 1.48 bits per heavy atom. The Balaban J connectivity index is 1.35. The van der Waals surface area contributed by atoms with Gasteiger partial charge < -0.3 is 9.15 Å². The number of nitrogens with zero attached hydrogens (tertiary/aromatic N) is 2. The molecule has 1 aliphatic heterocycles. The van der Waals surface area contributed by atoms with Crippen LogP contribution in [0.15, 0.2) is 94.1 Å². The van der Waals surface area contributed by atoms with Gasteiger partial charge in [0, 0.05) is 44.2 Å². The Labute approximate surface area is 193 Å². The van der Waals surface area contributed by atoms with E-state index < -0.39 is 0 Å². The first-order valence-electron chi connectivity index (χ1n) is 11.4. The van der Waals surface area contributed by atoms with Gasteiger partial charge in [-0.25, -0.2) is 4.79 Å². The Morgan fingerprint density at radius 1 is 0.848 bits per heavy atom. The summed E-state index contributed by atoms with van der Waals surface area (Å²) < 4.78 is 10.8. The SMILES string of the molecule is COc1ccc2oc(=O)cc(CN3CCN(C(c4ccccc4)c4ccccc4)CC3)c2c1. The van der Waals surface area contributed by atoms with Crippen molar-refractivity contribution in [2.45, 2.75) is 12.6 Å². The van der Waals surface area contributed by atoms with E-state index in [0.29, 0.717) is 12.1 Å². The lowest BCUT2D eigenvalue weighted by Gasteiger charge is -2.40. The molecule has 0 bridgehead atoms. The number of hydrogen-bond acceptors (Lipinski definition) is 5. The minimum Gasteiger partial charge on any atom is -0.497 e. The monoisotopic (exact) mass is 440 g/mol. The summed E-state index contributed by atoms with van der Waals surface area (Å²) in [6, 6.07) is 28.9. The summed E-state index contributed by atoms with van der Waals surface area (Å²) in [7, 11) is 1.65. The van der Waals surface area contributed by atoms with E-state index in [0.717, 1.165) is 42.9 Å². The highest BCUT2D eigenvalue weighted by Crippen LogP contribution is 2.30. The zero-order valence-electron chi connectivity index (χ0n) is 18.8. The van der Waals surface area contributed by atoms with Crippen LogP contribution in [0.3, 0.4) is 0 Å². The lowest BCUT2D eigenvalue weighted by molar-refractivity contribution is 0.105. The van der Waals surface area contributed by atoms with Gasteiger partial charge in [-0.1, -0.05) is 60.7 Å². The maximum absolute atomic E-state index is 12.1. The molecule has 5 heteroatoms. The standard InChI is InChI=1S/C28H28N2O3/c1-32-24-12-13-26-25(19-24)23(18-27(31)33-26)20-29-14-16-30(17-15-29)28(21-8-4-2-5-9-21)22-10-6-3-7-11-22/h2-13,18-19,28H,14-17,20H2,1H3. The highest BCUT2D eigenvalue weighted by Gasteiger charge is 2.26. The highest BCUT2D eigenvalue weighted by molar-refractivity contribution is 5.81. The largest absolute Gasteiger partial charge is 0.497 e. The van der Waals surface area contributed by atoms with Gasteiger partial charge in [-0.15, -0.1) is 0 Å². The normalized spacial score (nSPS) is 15.2. The lowest BCUT2D eigenvalue weighted by Crippen LogP contribution is -2.47. The second kappa shape index (κ2) is 9.61. The van der Waals surface area contributed by atoms with Crippen molar-refractivity contribution in [1.82, 2.24) is 9.80 Å². The second-order valence-electron chi connectivity index (χ2n) is 8.49. The molecule has 0 spiro atoms. The summed E-state index contributed by atoms with van der Waals surface area (Å²) in [5, 5.41) is 0.933. The first-order valence-corrected chi connectivity index (χ1v) is 11.4. The van der Waals surface area contributed by atoms with Gasteiger partial charge in [0.2, 0.25) is 0 Å². The van der Waals surface area contributed by atoms with Crippen molar-refractivity contribution < 1.29 is 9.15 Å². The van der Waals surface area contributed by atoms with Crippen molar-refractivity contribution in [3.8, 4) is 5.75 Å². The van der Waals surface area contributed by atoms with Gasteiger partial charge in [0.1, 0.15) is 11.3 Å². The van der Waals surface area contributed by atoms with Crippen LogP contribution >= 0.6 is 0 Å². The Kier molecular flexibility index (Phi) is 6.24. The van der Waals surface area contributed by atoms with Gasteiger partial charge in [-0.2, -0.15) is 0 Å². The van der Waals surface area contributed by atoms with Crippen LogP contribution in [0.1, 0.15) is 22.7 Å². The van der Waals surface area contributed by atoms with Crippen LogP contribution < -0.4 is 10.4 Å². The molecule has 168 valence electrons. The summed E-state index contributed by atoms with van der Waals surface area (Å²) in [5.74, 6) is 0.760. The smallest absolute Gasteiger partial charge is 0.336 e. The molecule has 1 fully saturated rings. The van der Waals surface area contributed by atoms with E-state index >= 15 is 0 Å². The Hall–Kier alpha value is -3.41. The van der Waals surface area contributed by atoms with Crippen molar-refractivity contribution in [3.63, 3.8) is 0 Å². The maximum Gasteiger partial charge on any atom is 0.336 e. The van der Waals surface area contributed by atoms with Crippen molar-refractivity contribution in [1.29, 1.82) is 0 Å². The first kappa shape index (κ1) is 21.4. The molecule has 0 N–H and O–H groups in total. The average molecular weight is 441 g/mol. The molecule has 5 nitrogen and oxygen atoms in total. The lowest BCUT2D eigenvalue weighted by atomic mass is 9.96. The van der Waals surface area contributed by atoms with Crippen LogP contribution in [0.2, 0.25) is 0 Å². The number of fused-ring (bicyclic) bond motifs is 1. The molecule has 1 saturated heterocycles. The molecule has 2 heterocycles. The summed E-state index contributed by atoms with van der Waals surface area (Å²) in [5.41, 5.74) is 3.91. The van der Waals surface area contributed by atoms with Crippen molar-refractivity contribution >= 4 is 11.0 Å². The summed E-state index contributed by atoms with van der Waals surface area (Å²) in [4.78, 5) is 17.1. The molecule has 4 aromatic rings. The van der Waals surface area contributed by atoms with Gasteiger partial charge in [-0.05, 0) is 34.9 Å². The summed E-state index contributed by atoms with van der Waals surface area (Å²) in [6.45, 7) is 4.49. The zero-order chi connectivity index (χ0) is 22.6. The Morgan fingerprint density at radius 3 is 2.09 bits per heavy atom. The molecule has 0 saturated carbocycles. The number of rotatable bonds is 6. The van der Waals surface area contributed by atoms with Crippen LogP contribution in [-0.4, -0.2) is 43.1 Å². The molecule has 1 aliphatic rings. The van der Waals surface area contributed by atoms with Gasteiger partial charge in [0.25, 0.3) is 0 Å². The third kappa shape index (κ3) is 4.70. The van der Waals surface area contributed by atoms with E-state index in [2.05, 4.69) is 70.5 Å². The highest BCUT2D eigenvalue weighted by atomic mass is 16.5. The van der Waals surface area contributed by atoms with Crippen LogP contribution in [0.5, 0.6) is 5.75 Å². The van der Waals surface area contributed by atoms with E-state index in [-0.39, 0.29) is 11.7 Å². The first-order chi connectivity index (χ1) is 16.2. The summed E-state index contributed by atoms with van der Waals surface area (Å²) >= 11 is 0. The molecule has 33 heavy (non-hydrogen) atoms. The molecule has 0 radical (unpaired) electrons. The molecular formula is C28H28N2O3. The van der Waals surface area contributed by atoms with E-state index in [1.54, 1.807) is 19.2 Å². The Bertz CT molecular complexity index is 1220. The number of ether oxygens (including phenoxy) is 1. The van der Waals surface area contributed by atoms with Crippen LogP contribution in [-0.2, 0) is 6.54 Å². The minimum atomic E-state index is -0.311. The third-order valence-electron chi connectivity index (χ3n) is 6.43.